The van der Waals surface area contributed by atoms with E-state index in [9.17, 15) is 17.6 Å². The van der Waals surface area contributed by atoms with Gasteiger partial charge in [0.25, 0.3) is 0 Å². The summed E-state index contributed by atoms with van der Waals surface area (Å²) in [5, 5.41) is 0. The summed E-state index contributed by atoms with van der Waals surface area (Å²) in [6.07, 6.45) is -3.90. The van der Waals surface area contributed by atoms with Gasteiger partial charge >= 0.3 is 6.18 Å². The van der Waals surface area contributed by atoms with E-state index in [0.29, 0.717) is 28.6 Å². The quantitative estimate of drug-likeness (QED) is 0.265. The highest BCUT2D eigenvalue weighted by molar-refractivity contribution is 7.99. The van der Waals surface area contributed by atoms with E-state index in [2.05, 4.69) is 4.99 Å². The highest BCUT2D eigenvalue weighted by Gasteiger charge is 2.54. The monoisotopic (exact) mass is 374 g/mol. The predicted molar refractivity (Wildman–Crippen MR) is 81.7 cm³/mol. The summed E-state index contributed by atoms with van der Waals surface area (Å²) >= 11 is 12.3. The van der Waals surface area contributed by atoms with Crippen LogP contribution in [0.1, 0.15) is 12.0 Å². The fraction of sp³-hybridized carbons (Fsp3) is 0.462. The van der Waals surface area contributed by atoms with Crippen molar-refractivity contribution in [2.45, 2.75) is 28.7 Å². The van der Waals surface area contributed by atoms with Gasteiger partial charge in [-0.15, -0.1) is 35.0 Å². The molecule has 0 aromatic heterocycles. The highest BCUT2D eigenvalue weighted by Crippen LogP contribution is 2.53. The molecule has 2 nitrogen and oxygen atoms in total. The Bertz CT molecular complexity index is 617. The first kappa shape index (κ1) is 17.7. The average molecular weight is 375 g/mol. The summed E-state index contributed by atoms with van der Waals surface area (Å²) in [4.78, 5) is 4.21. The first-order valence-corrected chi connectivity index (χ1v) is 7.95. The molecule has 1 fully saturated rings. The second-order valence-electron chi connectivity index (χ2n) is 5.03. The minimum absolute atomic E-state index is 0.0690. The van der Waals surface area contributed by atoms with Gasteiger partial charge in [0.1, 0.15) is 21.7 Å². The largest absolute Gasteiger partial charge is 0.398 e. The van der Waals surface area contributed by atoms with Crippen molar-refractivity contribution in [3.05, 3.63) is 23.5 Å². The first-order valence-electron chi connectivity index (χ1n) is 6.21. The summed E-state index contributed by atoms with van der Waals surface area (Å²) in [5.41, 5.74) is 6.00. The summed E-state index contributed by atoms with van der Waals surface area (Å²) in [6, 6.07) is 2.38. The number of benzene rings is 1. The van der Waals surface area contributed by atoms with Crippen molar-refractivity contribution < 1.29 is 17.6 Å². The third-order valence-corrected chi connectivity index (χ3v) is 5.13. The lowest BCUT2D eigenvalue weighted by Crippen LogP contribution is -2.17. The second-order valence-corrected chi connectivity index (χ2v) is 7.59. The zero-order chi connectivity index (χ0) is 16.7. The molecule has 1 atom stereocenters. The molecular weight excluding hydrogens is 363 g/mol. The van der Waals surface area contributed by atoms with Crippen LogP contribution in [0.4, 0.5) is 23.2 Å². The number of hydrogen-bond acceptors (Lipinski definition) is 2. The molecule has 122 valence electrons. The fourth-order valence-electron chi connectivity index (χ4n) is 1.79. The molecule has 1 saturated carbocycles. The average Bonchev–Trinajstić information content (AvgIpc) is 2.99. The Kier molecular flexibility index (Phi) is 4.90. The number of hydrogen-bond donors (Lipinski definition) is 1. The first-order chi connectivity index (χ1) is 9.99. The maximum atomic E-state index is 13.9. The van der Waals surface area contributed by atoms with Gasteiger partial charge in [-0.25, -0.2) is 9.38 Å². The van der Waals surface area contributed by atoms with Gasteiger partial charge in [-0.2, -0.15) is 13.2 Å². The van der Waals surface area contributed by atoms with Gasteiger partial charge in [-0.3, -0.25) is 0 Å². The van der Waals surface area contributed by atoms with Crippen molar-refractivity contribution in [3.63, 3.8) is 0 Å². The highest BCUT2D eigenvalue weighted by atomic mass is 35.5. The number of amidine groups is 1. The van der Waals surface area contributed by atoms with Gasteiger partial charge < -0.3 is 5.73 Å². The van der Waals surface area contributed by atoms with E-state index in [1.807, 2.05) is 0 Å². The second kappa shape index (κ2) is 6.09. The van der Waals surface area contributed by atoms with Crippen molar-refractivity contribution in [2.75, 3.05) is 5.75 Å². The molecule has 1 aromatic rings. The number of nitrogens with two attached hydrogens (primary N) is 1. The molecule has 0 amide bonds. The Balaban J connectivity index is 2.23. The van der Waals surface area contributed by atoms with Crippen LogP contribution in [0.3, 0.4) is 0 Å². The minimum atomic E-state index is -4.31. The normalized spacial score (nSPS) is 21.0. The van der Waals surface area contributed by atoms with Crippen molar-refractivity contribution in [3.8, 4) is 0 Å². The molecule has 0 spiro atoms. The predicted octanol–water partition coefficient (Wildman–Crippen LogP) is 4.97. The molecule has 0 saturated heterocycles. The third-order valence-electron chi connectivity index (χ3n) is 3.07. The van der Waals surface area contributed by atoms with Crippen LogP contribution in [-0.4, -0.2) is 22.1 Å². The van der Waals surface area contributed by atoms with E-state index in [0.717, 1.165) is 6.07 Å². The van der Waals surface area contributed by atoms with Crippen molar-refractivity contribution >= 4 is 46.5 Å². The molecule has 1 aromatic carbocycles. The Morgan fingerprint density at radius 1 is 1.45 bits per heavy atom. The topological polar surface area (TPSA) is 38.4 Å². The van der Waals surface area contributed by atoms with E-state index in [-0.39, 0.29) is 17.4 Å². The minimum Gasteiger partial charge on any atom is -0.387 e. The number of thioether (sulfide) groups is 1. The molecule has 0 bridgehead atoms. The van der Waals surface area contributed by atoms with Crippen LogP contribution >= 0.6 is 35.0 Å². The number of aryl methyl sites for hydroxylation is 1. The lowest BCUT2D eigenvalue weighted by Gasteiger charge is -2.10. The van der Waals surface area contributed by atoms with Gasteiger partial charge in [0, 0.05) is 4.90 Å². The molecule has 9 heteroatoms. The van der Waals surface area contributed by atoms with Crippen LogP contribution in [-0.2, 0) is 0 Å². The summed E-state index contributed by atoms with van der Waals surface area (Å²) < 4.78 is 49.8. The Hall–Kier alpha value is -0.660. The summed E-state index contributed by atoms with van der Waals surface area (Å²) in [6.45, 7) is 1.53. The number of nitrogens with zero attached hydrogens (tertiary/aromatic N) is 1. The maximum Gasteiger partial charge on any atom is 0.398 e. The lowest BCUT2D eigenvalue weighted by molar-refractivity contribution is -0.105. The molecule has 22 heavy (non-hydrogen) atoms. The molecule has 0 heterocycles. The lowest BCUT2D eigenvalue weighted by atomic mass is 10.2. The number of rotatable bonds is 4. The standard InChI is InChI=1S/C13H12Cl2F4N2S/c1-6-2-8(16)9(3-10(6)22-5-13(17,18)19)21-11(20)7-4-12(7,14)15/h2-3,7H,4-5H2,1H3,(H2,20,21). The zero-order valence-corrected chi connectivity index (χ0v) is 13.7. The van der Waals surface area contributed by atoms with Crippen molar-refractivity contribution in [2.24, 2.45) is 16.6 Å². The SMILES string of the molecule is Cc1cc(F)c(/N=C(\N)C2CC2(Cl)Cl)cc1SCC(F)(F)F. The maximum absolute atomic E-state index is 13.9. The summed E-state index contributed by atoms with van der Waals surface area (Å²) in [7, 11) is 0. The van der Waals surface area contributed by atoms with Crippen molar-refractivity contribution in [1.29, 1.82) is 0 Å². The number of alkyl halides is 5. The van der Waals surface area contributed by atoms with Gasteiger partial charge in [0.2, 0.25) is 0 Å². The fourth-order valence-corrected chi connectivity index (χ4v) is 3.13. The Morgan fingerprint density at radius 3 is 2.55 bits per heavy atom. The molecule has 2 N–H and O–H groups in total. The van der Waals surface area contributed by atoms with Crippen LogP contribution in [0, 0.1) is 18.7 Å². The molecule has 2 rings (SSSR count). The van der Waals surface area contributed by atoms with E-state index in [4.69, 9.17) is 28.9 Å². The molecule has 0 aliphatic heterocycles. The van der Waals surface area contributed by atoms with Gasteiger partial charge in [-0.1, -0.05) is 0 Å². The Labute approximate surface area is 139 Å². The number of halogens is 6. The molecular formula is C13H12Cl2F4N2S. The molecule has 1 aliphatic rings. The van der Waals surface area contributed by atoms with Gasteiger partial charge in [-0.05, 0) is 31.0 Å². The van der Waals surface area contributed by atoms with E-state index >= 15 is 0 Å². The molecule has 1 aliphatic carbocycles. The third kappa shape index (κ3) is 4.43. The van der Waals surface area contributed by atoms with E-state index in [1.54, 1.807) is 0 Å². The van der Waals surface area contributed by atoms with Crippen LogP contribution in [0.15, 0.2) is 22.0 Å². The van der Waals surface area contributed by atoms with E-state index in [1.165, 1.54) is 13.0 Å². The zero-order valence-electron chi connectivity index (χ0n) is 11.3. The molecule has 0 radical (unpaired) electrons. The van der Waals surface area contributed by atoms with Crippen LogP contribution in [0.2, 0.25) is 0 Å². The van der Waals surface area contributed by atoms with Gasteiger partial charge in [0.15, 0.2) is 0 Å². The summed E-state index contributed by atoms with van der Waals surface area (Å²) in [5.74, 6) is -2.03. The van der Waals surface area contributed by atoms with Crippen LogP contribution in [0.25, 0.3) is 0 Å². The smallest absolute Gasteiger partial charge is 0.387 e. The van der Waals surface area contributed by atoms with Crippen LogP contribution < -0.4 is 5.73 Å². The molecule has 1 unspecified atom stereocenters. The van der Waals surface area contributed by atoms with E-state index < -0.39 is 22.1 Å². The van der Waals surface area contributed by atoms with Gasteiger partial charge in [0.05, 0.1) is 11.7 Å². The Morgan fingerprint density at radius 2 is 2.05 bits per heavy atom. The number of aliphatic imine (C=N–C) groups is 1. The van der Waals surface area contributed by atoms with Crippen LogP contribution in [0.5, 0.6) is 0 Å². The van der Waals surface area contributed by atoms with Crippen molar-refractivity contribution in [1.82, 2.24) is 0 Å².